The molecule has 2 N–H and O–H groups in total. The van der Waals surface area contributed by atoms with Crippen molar-refractivity contribution < 1.29 is 14.7 Å². The number of carbonyl (C=O) groups is 2. The van der Waals surface area contributed by atoms with Gasteiger partial charge in [0.2, 0.25) is 5.91 Å². The number of nitrogens with zero attached hydrogens (tertiary/aromatic N) is 3. The molecule has 1 heterocycles. The summed E-state index contributed by atoms with van der Waals surface area (Å²) in [6, 6.07) is 0. The Kier molecular flexibility index (Phi) is 3.37. The molecule has 0 radical (unpaired) electrons. The van der Waals surface area contributed by atoms with Gasteiger partial charge in [0.25, 0.3) is 0 Å². The molecule has 1 unspecified atom stereocenters. The van der Waals surface area contributed by atoms with Crippen LogP contribution < -0.4 is 5.32 Å². The summed E-state index contributed by atoms with van der Waals surface area (Å²) in [6.07, 6.45) is 1.49. The van der Waals surface area contributed by atoms with Gasteiger partial charge in [-0.3, -0.25) is 9.59 Å². The van der Waals surface area contributed by atoms with Gasteiger partial charge in [-0.25, -0.2) is 4.68 Å². The molecule has 1 aromatic heterocycles. The van der Waals surface area contributed by atoms with Gasteiger partial charge in [0.1, 0.15) is 0 Å². The third-order valence-corrected chi connectivity index (χ3v) is 1.73. The van der Waals surface area contributed by atoms with Crippen molar-refractivity contribution in [3.05, 3.63) is 6.20 Å². The first-order valence-electron chi connectivity index (χ1n) is 4.39. The van der Waals surface area contributed by atoms with Gasteiger partial charge >= 0.3 is 5.97 Å². The van der Waals surface area contributed by atoms with Crippen LogP contribution in [-0.2, 0) is 16.1 Å². The van der Waals surface area contributed by atoms with Crippen LogP contribution in [-0.4, -0.2) is 32.0 Å². The van der Waals surface area contributed by atoms with Crippen molar-refractivity contribution in [2.24, 2.45) is 5.92 Å². The van der Waals surface area contributed by atoms with Crippen LogP contribution in [0, 0.1) is 5.92 Å². The lowest BCUT2D eigenvalue weighted by Gasteiger charge is -2.03. The van der Waals surface area contributed by atoms with Gasteiger partial charge in [0, 0.05) is 6.92 Å². The van der Waals surface area contributed by atoms with Crippen molar-refractivity contribution in [2.45, 2.75) is 20.4 Å². The first-order valence-corrected chi connectivity index (χ1v) is 4.39. The third kappa shape index (κ3) is 3.37. The molecule has 1 aromatic rings. The lowest BCUT2D eigenvalue weighted by Crippen LogP contribution is -2.17. The van der Waals surface area contributed by atoms with Gasteiger partial charge in [-0.05, 0) is 0 Å². The molecule has 0 saturated carbocycles. The van der Waals surface area contributed by atoms with E-state index in [9.17, 15) is 9.59 Å². The second-order valence-corrected chi connectivity index (χ2v) is 3.25. The number of carbonyl (C=O) groups excluding carboxylic acids is 1. The molecule has 0 aliphatic heterocycles. The average Bonchev–Trinajstić information content (AvgIpc) is 2.51. The lowest BCUT2D eigenvalue weighted by molar-refractivity contribution is -0.141. The molecule has 0 saturated heterocycles. The number of aromatic nitrogens is 3. The minimum Gasteiger partial charge on any atom is -0.481 e. The van der Waals surface area contributed by atoms with Gasteiger partial charge in [-0.1, -0.05) is 12.1 Å². The second kappa shape index (κ2) is 4.54. The fraction of sp³-hybridized carbons (Fsp3) is 0.500. The number of hydrogen-bond donors (Lipinski definition) is 2. The Hall–Kier alpha value is -1.92. The normalized spacial score (nSPS) is 12.1. The van der Waals surface area contributed by atoms with Crippen LogP contribution >= 0.6 is 0 Å². The molecule has 15 heavy (non-hydrogen) atoms. The van der Waals surface area contributed by atoms with Gasteiger partial charge in [0.15, 0.2) is 5.82 Å². The summed E-state index contributed by atoms with van der Waals surface area (Å²) < 4.78 is 1.38. The van der Waals surface area contributed by atoms with Gasteiger partial charge in [-0.15, -0.1) is 5.10 Å². The van der Waals surface area contributed by atoms with E-state index in [0.29, 0.717) is 5.82 Å². The fourth-order valence-electron chi connectivity index (χ4n) is 0.984. The molecule has 1 atom stereocenters. The molecule has 82 valence electrons. The smallest absolute Gasteiger partial charge is 0.308 e. The molecule has 0 aliphatic rings. The number of carboxylic acids is 1. The minimum atomic E-state index is -0.897. The molecule has 0 fully saturated rings. The Morgan fingerprint density at radius 1 is 1.67 bits per heavy atom. The predicted molar refractivity (Wildman–Crippen MR) is 51.1 cm³/mol. The highest BCUT2D eigenvalue weighted by molar-refractivity contribution is 5.87. The fourth-order valence-corrected chi connectivity index (χ4v) is 0.984. The number of nitrogens with one attached hydrogen (secondary N) is 1. The van der Waals surface area contributed by atoms with E-state index in [4.69, 9.17) is 5.11 Å². The van der Waals surface area contributed by atoms with E-state index in [1.807, 2.05) is 0 Å². The van der Waals surface area contributed by atoms with Crippen LogP contribution in [0.25, 0.3) is 0 Å². The van der Waals surface area contributed by atoms with Crippen molar-refractivity contribution in [3.8, 4) is 0 Å². The standard InChI is InChI=1S/C8H12N4O3/c1-5(8(14)15)3-12-4-7(10-11-12)9-6(2)13/h4-5H,3H2,1-2H3,(H,9,13)(H,14,15). The number of rotatable bonds is 4. The molecule has 0 bridgehead atoms. The van der Waals surface area contributed by atoms with Crippen LogP contribution in [0.3, 0.4) is 0 Å². The minimum absolute atomic E-state index is 0.224. The van der Waals surface area contributed by atoms with E-state index in [-0.39, 0.29) is 12.5 Å². The number of aliphatic carboxylic acids is 1. The van der Waals surface area contributed by atoms with Crippen molar-refractivity contribution in [1.29, 1.82) is 0 Å². The van der Waals surface area contributed by atoms with E-state index < -0.39 is 11.9 Å². The molecule has 0 aliphatic carbocycles. The predicted octanol–water partition coefficient (Wildman–Crippen LogP) is -0.0428. The molecule has 1 rings (SSSR count). The highest BCUT2D eigenvalue weighted by Crippen LogP contribution is 2.03. The topological polar surface area (TPSA) is 97.1 Å². The van der Waals surface area contributed by atoms with Crippen LogP contribution in [0.4, 0.5) is 5.82 Å². The SMILES string of the molecule is CC(=O)Nc1cn(CC(C)C(=O)O)nn1. The summed E-state index contributed by atoms with van der Waals surface area (Å²) >= 11 is 0. The van der Waals surface area contributed by atoms with E-state index in [0.717, 1.165) is 0 Å². The zero-order valence-electron chi connectivity index (χ0n) is 8.47. The summed E-state index contributed by atoms with van der Waals surface area (Å²) in [5.41, 5.74) is 0. The first-order chi connectivity index (χ1) is 6.99. The molecule has 1 amide bonds. The van der Waals surface area contributed by atoms with Crippen molar-refractivity contribution in [1.82, 2.24) is 15.0 Å². The quantitative estimate of drug-likeness (QED) is 0.729. The van der Waals surface area contributed by atoms with Crippen molar-refractivity contribution in [3.63, 3.8) is 0 Å². The van der Waals surface area contributed by atoms with E-state index >= 15 is 0 Å². The highest BCUT2D eigenvalue weighted by atomic mass is 16.4. The van der Waals surface area contributed by atoms with Gasteiger partial charge in [-0.2, -0.15) is 0 Å². The number of hydrogen-bond acceptors (Lipinski definition) is 4. The zero-order chi connectivity index (χ0) is 11.4. The molecule has 0 spiro atoms. The lowest BCUT2D eigenvalue weighted by atomic mass is 10.2. The molecule has 0 aromatic carbocycles. The van der Waals surface area contributed by atoms with Gasteiger partial charge < -0.3 is 10.4 Å². The maximum absolute atomic E-state index is 10.7. The summed E-state index contributed by atoms with van der Waals surface area (Å²) in [7, 11) is 0. The Morgan fingerprint density at radius 2 is 2.33 bits per heavy atom. The van der Waals surface area contributed by atoms with Crippen molar-refractivity contribution in [2.75, 3.05) is 5.32 Å². The van der Waals surface area contributed by atoms with Gasteiger partial charge in [0.05, 0.1) is 18.7 Å². The summed E-state index contributed by atoms with van der Waals surface area (Å²) in [6.45, 7) is 3.16. The van der Waals surface area contributed by atoms with Crippen LogP contribution in [0.5, 0.6) is 0 Å². The molecular weight excluding hydrogens is 200 g/mol. The Morgan fingerprint density at radius 3 is 2.87 bits per heavy atom. The largest absolute Gasteiger partial charge is 0.481 e. The Balaban J connectivity index is 2.60. The Bertz CT molecular complexity index is 374. The Labute approximate surface area is 86.1 Å². The number of anilines is 1. The third-order valence-electron chi connectivity index (χ3n) is 1.73. The molecular formula is C8H12N4O3. The summed E-state index contributed by atoms with van der Waals surface area (Å²) in [5, 5.41) is 18.4. The summed E-state index contributed by atoms with van der Waals surface area (Å²) in [5.74, 6) is -1.36. The molecule has 7 nitrogen and oxygen atoms in total. The molecule has 7 heteroatoms. The first kappa shape index (κ1) is 11.2. The van der Waals surface area contributed by atoms with Crippen LogP contribution in [0.15, 0.2) is 6.20 Å². The number of carboxylic acid groups (broad SMARTS) is 1. The maximum Gasteiger partial charge on any atom is 0.308 e. The van der Waals surface area contributed by atoms with E-state index in [2.05, 4.69) is 15.6 Å². The monoisotopic (exact) mass is 212 g/mol. The van der Waals surface area contributed by atoms with E-state index in [1.165, 1.54) is 17.8 Å². The second-order valence-electron chi connectivity index (χ2n) is 3.25. The number of amides is 1. The average molecular weight is 212 g/mol. The zero-order valence-corrected chi connectivity index (χ0v) is 8.47. The van der Waals surface area contributed by atoms with Crippen molar-refractivity contribution >= 4 is 17.7 Å². The van der Waals surface area contributed by atoms with Crippen LogP contribution in [0.2, 0.25) is 0 Å². The maximum atomic E-state index is 10.7. The highest BCUT2D eigenvalue weighted by Gasteiger charge is 2.12. The van der Waals surface area contributed by atoms with E-state index in [1.54, 1.807) is 6.92 Å². The van der Waals surface area contributed by atoms with Crippen LogP contribution in [0.1, 0.15) is 13.8 Å². The summed E-state index contributed by atoms with van der Waals surface area (Å²) in [4.78, 5) is 21.2.